The maximum atomic E-state index is 2.42. The molecule has 110 valence electrons. The predicted octanol–water partition coefficient (Wildman–Crippen LogP) is 6.17. The molecule has 0 heteroatoms. The Bertz CT molecular complexity index is 596. The zero-order valence-electron chi connectivity index (χ0n) is 13.5. The second-order valence-electron chi connectivity index (χ2n) is 7.55. The molecule has 2 aliphatic rings. The Morgan fingerprint density at radius 1 is 1.05 bits per heavy atom. The minimum atomic E-state index is 0.470. The third-order valence-corrected chi connectivity index (χ3v) is 4.76. The lowest BCUT2D eigenvalue weighted by molar-refractivity contribution is 0.233. The van der Waals surface area contributed by atoms with E-state index in [1.165, 1.54) is 30.4 Å². The van der Waals surface area contributed by atoms with Gasteiger partial charge in [0.05, 0.1) is 0 Å². The molecule has 0 spiro atoms. The van der Waals surface area contributed by atoms with Crippen molar-refractivity contribution >= 4 is 5.57 Å². The Balaban J connectivity index is 1.81. The van der Waals surface area contributed by atoms with E-state index in [1.54, 1.807) is 11.1 Å². The first-order valence-corrected chi connectivity index (χ1v) is 8.18. The second-order valence-corrected chi connectivity index (χ2v) is 7.55. The molecule has 0 aromatic heterocycles. The molecular formula is C21H26. The van der Waals surface area contributed by atoms with Crippen LogP contribution < -0.4 is 0 Å². The van der Waals surface area contributed by atoms with E-state index in [9.17, 15) is 0 Å². The fraction of sp³-hybridized carbons (Fsp3) is 0.429. The predicted molar refractivity (Wildman–Crippen MR) is 92.0 cm³/mol. The fourth-order valence-corrected chi connectivity index (χ4v) is 4.06. The van der Waals surface area contributed by atoms with E-state index in [-0.39, 0.29) is 0 Å². The summed E-state index contributed by atoms with van der Waals surface area (Å²) in [5.74, 6) is 0.823. The topological polar surface area (TPSA) is 0 Å². The lowest BCUT2D eigenvalue weighted by Crippen LogP contribution is -2.23. The minimum Gasteiger partial charge on any atom is -0.0723 e. The van der Waals surface area contributed by atoms with E-state index in [2.05, 4.69) is 69.3 Å². The lowest BCUT2D eigenvalue weighted by atomic mass is 9.69. The smallest absolute Gasteiger partial charge is 0.00887 e. The van der Waals surface area contributed by atoms with Crippen LogP contribution in [0.4, 0.5) is 0 Å². The van der Waals surface area contributed by atoms with Crippen molar-refractivity contribution in [3.8, 4) is 0 Å². The van der Waals surface area contributed by atoms with Crippen molar-refractivity contribution in [2.24, 2.45) is 11.3 Å². The van der Waals surface area contributed by atoms with E-state index in [0.717, 1.165) is 12.3 Å². The van der Waals surface area contributed by atoms with Crippen LogP contribution in [0.3, 0.4) is 0 Å². The van der Waals surface area contributed by atoms with Gasteiger partial charge in [0.25, 0.3) is 0 Å². The number of hydrogen-bond acceptors (Lipinski definition) is 0. The molecule has 1 atom stereocenters. The molecule has 0 aliphatic heterocycles. The molecule has 21 heavy (non-hydrogen) atoms. The van der Waals surface area contributed by atoms with E-state index < -0.39 is 0 Å². The molecule has 0 amide bonds. The van der Waals surface area contributed by atoms with Gasteiger partial charge in [-0.05, 0) is 53.7 Å². The molecule has 1 aromatic carbocycles. The van der Waals surface area contributed by atoms with Crippen LogP contribution in [0, 0.1) is 11.3 Å². The van der Waals surface area contributed by atoms with Crippen molar-refractivity contribution in [2.45, 2.75) is 46.5 Å². The largest absolute Gasteiger partial charge is 0.0723 e. The molecule has 0 nitrogen and oxygen atoms in total. The molecule has 0 heterocycles. The summed E-state index contributed by atoms with van der Waals surface area (Å²) in [5, 5.41) is 0. The van der Waals surface area contributed by atoms with Gasteiger partial charge in [-0.2, -0.15) is 0 Å². The van der Waals surface area contributed by atoms with Crippen LogP contribution in [0.25, 0.3) is 5.57 Å². The first kappa shape index (κ1) is 14.4. The fourth-order valence-electron chi connectivity index (χ4n) is 4.06. The van der Waals surface area contributed by atoms with Crippen molar-refractivity contribution in [3.63, 3.8) is 0 Å². The van der Waals surface area contributed by atoms with Crippen molar-refractivity contribution in [2.75, 3.05) is 0 Å². The Labute approximate surface area is 129 Å². The first-order valence-electron chi connectivity index (χ1n) is 8.18. The normalized spacial score (nSPS) is 28.3. The highest BCUT2D eigenvalue weighted by atomic mass is 14.3. The molecule has 1 unspecified atom stereocenters. The maximum absolute atomic E-state index is 2.42. The van der Waals surface area contributed by atoms with Crippen LogP contribution in [-0.4, -0.2) is 0 Å². The molecule has 0 radical (unpaired) electrons. The molecule has 1 fully saturated rings. The average Bonchev–Trinajstić information content (AvgIpc) is 2.46. The Hall–Kier alpha value is -1.56. The molecule has 0 N–H and O–H groups in total. The number of hydrogen-bond donors (Lipinski definition) is 0. The van der Waals surface area contributed by atoms with Crippen LogP contribution >= 0.6 is 0 Å². The van der Waals surface area contributed by atoms with Gasteiger partial charge in [-0.25, -0.2) is 0 Å². The third-order valence-electron chi connectivity index (χ3n) is 4.76. The van der Waals surface area contributed by atoms with Crippen molar-refractivity contribution in [1.82, 2.24) is 0 Å². The summed E-state index contributed by atoms with van der Waals surface area (Å²) in [7, 11) is 0. The van der Waals surface area contributed by atoms with Crippen molar-refractivity contribution in [3.05, 3.63) is 65.3 Å². The number of rotatable bonds is 1. The maximum Gasteiger partial charge on any atom is -0.00887 e. The lowest BCUT2D eigenvalue weighted by Gasteiger charge is -2.36. The Morgan fingerprint density at radius 2 is 1.81 bits per heavy atom. The van der Waals surface area contributed by atoms with E-state index >= 15 is 0 Å². The van der Waals surface area contributed by atoms with Crippen LogP contribution in [-0.2, 0) is 0 Å². The van der Waals surface area contributed by atoms with Gasteiger partial charge in [0, 0.05) is 0 Å². The van der Waals surface area contributed by atoms with Gasteiger partial charge in [-0.1, -0.05) is 74.9 Å². The summed E-state index contributed by atoms with van der Waals surface area (Å²) >= 11 is 0. The summed E-state index contributed by atoms with van der Waals surface area (Å²) in [4.78, 5) is 0. The van der Waals surface area contributed by atoms with Crippen LogP contribution in [0.1, 0.15) is 52.0 Å². The molecule has 3 rings (SSSR count). The third kappa shape index (κ3) is 3.37. The van der Waals surface area contributed by atoms with Crippen molar-refractivity contribution in [1.29, 1.82) is 0 Å². The van der Waals surface area contributed by atoms with Gasteiger partial charge in [-0.15, -0.1) is 0 Å². The molecular weight excluding hydrogens is 252 g/mol. The number of benzene rings is 1. The highest BCUT2D eigenvalue weighted by molar-refractivity contribution is 5.76. The standard InChI is InChI=1S/C21H26/c1-16-13-20(15-21(2,3)14-16)19-11-9-18(10-12-19)17-7-5-4-6-8-17/h4-11,16H,12-15H2,1-3H3. The zero-order valence-corrected chi connectivity index (χ0v) is 13.5. The van der Waals surface area contributed by atoms with Gasteiger partial charge in [0.15, 0.2) is 0 Å². The summed E-state index contributed by atoms with van der Waals surface area (Å²) < 4.78 is 0. The monoisotopic (exact) mass is 278 g/mol. The van der Waals surface area contributed by atoms with Gasteiger partial charge in [0.2, 0.25) is 0 Å². The molecule has 0 saturated heterocycles. The van der Waals surface area contributed by atoms with Crippen molar-refractivity contribution < 1.29 is 0 Å². The molecule has 2 aliphatic carbocycles. The second kappa shape index (κ2) is 5.67. The Morgan fingerprint density at radius 3 is 2.43 bits per heavy atom. The van der Waals surface area contributed by atoms with E-state index in [4.69, 9.17) is 0 Å². The molecule has 0 bridgehead atoms. The minimum absolute atomic E-state index is 0.470. The van der Waals surface area contributed by atoms with Gasteiger partial charge >= 0.3 is 0 Å². The molecule has 1 saturated carbocycles. The van der Waals surface area contributed by atoms with Gasteiger partial charge < -0.3 is 0 Å². The van der Waals surface area contributed by atoms with Crippen LogP contribution in [0.15, 0.2) is 59.7 Å². The highest BCUT2D eigenvalue weighted by Gasteiger charge is 2.29. The van der Waals surface area contributed by atoms with E-state index in [0.29, 0.717) is 5.41 Å². The van der Waals surface area contributed by atoms with Gasteiger partial charge in [-0.3, -0.25) is 0 Å². The van der Waals surface area contributed by atoms with Crippen LogP contribution in [0.2, 0.25) is 0 Å². The van der Waals surface area contributed by atoms with Crippen LogP contribution in [0.5, 0.6) is 0 Å². The highest BCUT2D eigenvalue weighted by Crippen LogP contribution is 2.43. The summed E-state index contributed by atoms with van der Waals surface area (Å²) in [6, 6.07) is 10.7. The SMILES string of the molecule is CC1CC(=C2C=CC(c3ccccc3)=CC2)CC(C)(C)C1. The summed E-state index contributed by atoms with van der Waals surface area (Å²) in [5.41, 5.74) is 6.42. The zero-order chi connectivity index (χ0) is 14.9. The Kier molecular flexibility index (Phi) is 3.89. The van der Waals surface area contributed by atoms with Gasteiger partial charge in [0.1, 0.15) is 0 Å². The molecule has 1 aromatic rings. The summed E-state index contributed by atoms with van der Waals surface area (Å²) in [6.07, 6.45) is 12.1. The first-order chi connectivity index (χ1) is 10.0. The average molecular weight is 278 g/mol. The quantitative estimate of drug-likeness (QED) is 0.576. The summed E-state index contributed by atoms with van der Waals surface area (Å²) in [6.45, 7) is 7.24. The number of allylic oxidation sites excluding steroid dienone is 6. The van der Waals surface area contributed by atoms with E-state index in [1.807, 2.05) is 0 Å².